The molecule has 2 rings (SSSR count). The maximum atomic E-state index is 14.1. The molecule has 1 saturated carbocycles. The van der Waals surface area contributed by atoms with Crippen LogP contribution in [0.3, 0.4) is 0 Å². The number of terminal acetylenes is 1. The standard InChI is InChI=1S/C20H17F4NO2/c1-5-6-11-15(21)17(23)12(18(24)16(11)22)9-27-19(26)14-13(20(14,3)4)7-10(2)8-25/h1,7,13-14H,6,9H2,2-4H3/t13-,14+/m1/s1. The van der Waals surface area contributed by atoms with E-state index in [0.717, 1.165) is 0 Å². The highest BCUT2D eigenvalue weighted by molar-refractivity contribution is 5.78. The molecule has 1 aromatic carbocycles. The third-order valence-corrected chi connectivity index (χ3v) is 4.85. The minimum atomic E-state index is -1.64. The largest absolute Gasteiger partial charge is 0.460 e. The molecule has 1 aliphatic rings. The van der Waals surface area contributed by atoms with Gasteiger partial charge in [0.2, 0.25) is 0 Å². The number of carbonyl (C=O) groups is 1. The van der Waals surface area contributed by atoms with Gasteiger partial charge in [-0.1, -0.05) is 19.9 Å². The topological polar surface area (TPSA) is 50.1 Å². The number of benzene rings is 1. The van der Waals surface area contributed by atoms with Crippen LogP contribution in [0.2, 0.25) is 0 Å². The Bertz CT molecular complexity index is 877. The van der Waals surface area contributed by atoms with Crippen LogP contribution in [0.15, 0.2) is 11.6 Å². The van der Waals surface area contributed by atoms with Gasteiger partial charge in [-0.3, -0.25) is 4.79 Å². The van der Waals surface area contributed by atoms with Crippen molar-refractivity contribution in [3.63, 3.8) is 0 Å². The number of hydrogen-bond acceptors (Lipinski definition) is 3. The van der Waals surface area contributed by atoms with Crippen molar-refractivity contribution in [2.45, 2.75) is 33.8 Å². The predicted octanol–water partition coefficient (Wildman–Crippen LogP) is 4.20. The Hall–Kier alpha value is -2.80. The molecule has 27 heavy (non-hydrogen) atoms. The first-order valence-corrected chi connectivity index (χ1v) is 8.10. The number of rotatable bonds is 5. The number of carbonyl (C=O) groups excluding carboxylic acids is 1. The molecule has 142 valence electrons. The molecule has 0 radical (unpaired) electrons. The number of esters is 1. The molecule has 0 heterocycles. The zero-order valence-electron chi connectivity index (χ0n) is 15.0. The van der Waals surface area contributed by atoms with Crippen LogP contribution >= 0.6 is 0 Å². The lowest BCUT2D eigenvalue weighted by atomic mass is 10.1. The van der Waals surface area contributed by atoms with Crippen LogP contribution in [0.4, 0.5) is 17.6 Å². The van der Waals surface area contributed by atoms with Gasteiger partial charge in [-0.25, -0.2) is 17.6 Å². The molecule has 0 unspecified atom stereocenters. The number of nitriles is 1. The Kier molecular flexibility index (Phi) is 5.65. The molecule has 0 N–H and O–H groups in total. The Balaban J connectivity index is 2.20. The fourth-order valence-electron chi connectivity index (χ4n) is 3.09. The van der Waals surface area contributed by atoms with Crippen molar-refractivity contribution in [1.29, 1.82) is 5.26 Å². The highest BCUT2D eigenvalue weighted by atomic mass is 19.2. The second-order valence-corrected chi connectivity index (χ2v) is 6.99. The summed E-state index contributed by atoms with van der Waals surface area (Å²) in [6.07, 6.45) is 5.94. The summed E-state index contributed by atoms with van der Waals surface area (Å²) in [7, 11) is 0. The molecule has 0 amide bonds. The summed E-state index contributed by atoms with van der Waals surface area (Å²) in [4.78, 5) is 12.2. The van der Waals surface area contributed by atoms with Crippen LogP contribution in [-0.2, 0) is 22.6 Å². The van der Waals surface area contributed by atoms with Crippen LogP contribution in [0.5, 0.6) is 0 Å². The van der Waals surface area contributed by atoms with Crippen molar-refractivity contribution < 1.29 is 27.1 Å². The smallest absolute Gasteiger partial charge is 0.310 e. The van der Waals surface area contributed by atoms with E-state index in [4.69, 9.17) is 16.4 Å². The number of hydrogen-bond donors (Lipinski definition) is 0. The molecule has 7 heteroatoms. The summed E-state index contributed by atoms with van der Waals surface area (Å²) in [6, 6.07) is 1.95. The van der Waals surface area contributed by atoms with Crippen LogP contribution in [-0.4, -0.2) is 5.97 Å². The summed E-state index contributed by atoms with van der Waals surface area (Å²) >= 11 is 0. The molecule has 3 nitrogen and oxygen atoms in total. The molecule has 0 aliphatic heterocycles. The van der Waals surface area contributed by atoms with Gasteiger partial charge in [-0.15, -0.1) is 12.3 Å². The normalized spacial score (nSPS) is 20.6. The molecule has 0 bridgehead atoms. The maximum Gasteiger partial charge on any atom is 0.310 e. The molecule has 1 fully saturated rings. The van der Waals surface area contributed by atoms with Gasteiger partial charge in [0.15, 0.2) is 23.3 Å². The summed E-state index contributed by atoms with van der Waals surface area (Å²) in [5.41, 5.74) is -1.98. The quantitative estimate of drug-likeness (QED) is 0.253. The van der Waals surface area contributed by atoms with Crippen molar-refractivity contribution >= 4 is 5.97 Å². The van der Waals surface area contributed by atoms with E-state index in [-0.39, 0.29) is 5.92 Å². The van der Waals surface area contributed by atoms with Gasteiger partial charge in [0.1, 0.15) is 6.61 Å². The van der Waals surface area contributed by atoms with Crippen molar-refractivity contribution in [2.24, 2.45) is 17.3 Å². The summed E-state index contributed by atoms with van der Waals surface area (Å²) in [5, 5.41) is 8.83. The number of nitrogens with zero attached hydrogens (tertiary/aromatic N) is 1. The summed E-state index contributed by atoms with van der Waals surface area (Å²) < 4.78 is 60.8. The molecule has 1 aromatic rings. The van der Waals surface area contributed by atoms with Crippen LogP contribution in [0, 0.1) is 64.2 Å². The molecule has 0 spiro atoms. The van der Waals surface area contributed by atoms with E-state index in [2.05, 4.69) is 0 Å². The van der Waals surface area contributed by atoms with E-state index in [0.29, 0.717) is 5.57 Å². The SMILES string of the molecule is C#CCc1c(F)c(F)c(COC(=O)[C@@H]2[C@@H](C=C(C)C#N)C2(C)C)c(F)c1F. The Morgan fingerprint density at radius 3 is 2.19 bits per heavy atom. The second kappa shape index (κ2) is 7.44. The van der Waals surface area contributed by atoms with Crippen molar-refractivity contribution in [3.05, 3.63) is 46.0 Å². The lowest BCUT2D eigenvalue weighted by Gasteiger charge is -2.11. The Labute approximate surface area is 154 Å². The first-order chi connectivity index (χ1) is 12.6. The van der Waals surface area contributed by atoms with Crippen molar-refractivity contribution in [2.75, 3.05) is 0 Å². The molecular formula is C20H17F4NO2. The van der Waals surface area contributed by atoms with Crippen LogP contribution < -0.4 is 0 Å². The van der Waals surface area contributed by atoms with E-state index in [1.54, 1.807) is 26.8 Å². The maximum absolute atomic E-state index is 14.1. The second-order valence-electron chi connectivity index (χ2n) is 6.99. The number of ether oxygens (including phenoxy) is 1. The van der Waals surface area contributed by atoms with E-state index in [1.807, 2.05) is 12.0 Å². The fourth-order valence-corrected chi connectivity index (χ4v) is 3.09. The minimum absolute atomic E-state index is 0.272. The van der Waals surface area contributed by atoms with Crippen molar-refractivity contribution in [3.8, 4) is 18.4 Å². The lowest BCUT2D eigenvalue weighted by molar-refractivity contribution is -0.147. The van der Waals surface area contributed by atoms with Crippen molar-refractivity contribution in [1.82, 2.24) is 0 Å². The van der Waals surface area contributed by atoms with Crippen LogP contribution in [0.25, 0.3) is 0 Å². The Morgan fingerprint density at radius 2 is 1.70 bits per heavy atom. The molecule has 2 atom stereocenters. The molecule has 0 saturated heterocycles. The highest BCUT2D eigenvalue weighted by Crippen LogP contribution is 2.59. The third kappa shape index (κ3) is 3.68. The third-order valence-electron chi connectivity index (χ3n) is 4.85. The number of halogens is 4. The van der Waals surface area contributed by atoms with Gasteiger partial charge in [0.05, 0.1) is 17.6 Å². The van der Waals surface area contributed by atoms with E-state index in [9.17, 15) is 22.4 Å². The Morgan fingerprint density at radius 1 is 1.19 bits per heavy atom. The van der Waals surface area contributed by atoms with Gasteiger partial charge < -0.3 is 4.74 Å². The lowest BCUT2D eigenvalue weighted by Crippen LogP contribution is -2.14. The first-order valence-electron chi connectivity index (χ1n) is 8.10. The van der Waals surface area contributed by atoms with Gasteiger partial charge in [-0.2, -0.15) is 5.26 Å². The average molecular weight is 379 g/mol. The number of allylic oxidation sites excluding steroid dienone is 2. The van der Waals surface area contributed by atoms with Crippen LogP contribution in [0.1, 0.15) is 31.9 Å². The van der Waals surface area contributed by atoms with Gasteiger partial charge >= 0.3 is 5.97 Å². The first kappa shape index (κ1) is 20.5. The minimum Gasteiger partial charge on any atom is -0.460 e. The van der Waals surface area contributed by atoms with Gasteiger partial charge in [0, 0.05) is 17.6 Å². The van der Waals surface area contributed by atoms with E-state index in [1.165, 1.54) is 0 Å². The monoisotopic (exact) mass is 379 g/mol. The van der Waals surface area contributed by atoms with Gasteiger partial charge in [0.25, 0.3) is 0 Å². The molecular weight excluding hydrogens is 362 g/mol. The average Bonchev–Trinajstić information content (AvgIpc) is 3.16. The predicted molar refractivity (Wildman–Crippen MR) is 88.7 cm³/mol. The van der Waals surface area contributed by atoms with E-state index < -0.39 is 64.7 Å². The highest BCUT2D eigenvalue weighted by Gasteiger charge is 2.61. The molecule has 1 aliphatic carbocycles. The zero-order chi connectivity index (χ0) is 20.5. The van der Waals surface area contributed by atoms with Gasteiger partial charge in [-0.05, 0) is 18.3 Å². The van der Waals surface area contributed by atoms with E-state index >= 15 is 0 Å². The fraction of sp³-hybridized carbons (Fsp3) is 0.400. The summed E-state index contributed by atoms with van der Waals surface area (Å²) in [5.74, 6) is -6.22. The zero-order valence-corrected chi connectivity index (χ0v) is 15.0. The molecule has 0 aromatic heterocycles. The summed E-state index contributed by atoms with van der Waals surface area (Å²) in [6.45, 7) is 4.19.